The molecule has 0 aromatic heterocycles. The number of carbonyl (C=O) groups excluding carboxylic acids is 1. The van der Waals surface area contributed by atoms with Gasteiger partial charge < -0.3 is 10.4 Å². The normalized spacial score (nSPS) is 13.0. The Hall–Kier alpha value is -3.45. The molecule has 4 rings (SSSR count). The molecule has 3 aromatic carbocycles. The Morgan fingerprint density at radius 1 is 1.07 bits per heavy atom. The number of nitrogens with zero attached hydrogens (tertiary/aromatic N) is 2. The standard InChI is InChI=1S/C23H18BrN3O3/c24-17-8-4-7-16(11-17)20-13-22(28)26-21-12-18(9-10-19(21)25-20)27(23(29)30)14-15-5-2-1-3-6-15/h1-12H,13-14H2,(H,26,28)(H,29,30). The number of hydrogen-bond donors (Lipinski definition) is 2. The Morgan fingerprint density at radius 3 is 2.60 bits per heavy atom. The van der Waals surface area contributed by atoms with Gasteiger partial charge in [-0.2, -0.15) is 0 Å². The van der Waals surface area contributed by atoms with E-state index in [4.69, 9.17) is 0 Å². The fraction of sp³-hybridized carbons (Fsp3) is 0.0870. The molecule has 1 heterocycles. The van der Waals surface area contributed by atoms with E-state index in [1.807, 2.05) is 54.6 Å². The second-order valence-corrected chi connectivity index (χ2v) is 7.77. The molecule has 3 aromatic rings. The van der Waals surface area contributed by atoms with Gasteiger partial charge in [0, 0.05) is 10.2 Å². The zero-order valence-corrected chi connectivity index (χ0v) is 17.5. The van der Waals surface area contributed by atoms with Crippen molar-refractivity contribution in [2.45, 2.75) is 13.0 Å². The van der Waals surface area contributed by atoms with E-state index in [1.54, 1.807) is 18.2 Å². The molecule has 1 aliphatic heterocycles. The Bertz CT molecular complexity index is 1150. The largest absolute Gasteiger partial charge is 0.465 e. The average molecular weight is 464 g/mol. The van der Waals surface area contributed by atoms with Crippen LogP contribution in [0.4, 0.5) is 21.9 Å². The Labute approximate surface area is 182 Å². The summed E-state index contributed by atoms with van der Waals surface area (Å²) in [6.07, 6.45) is -0.940. The summed E-state index contributed by atoms with van der Waals surface area (Å²) in [7, 11) is 0. The maximum absolute atomic E-state index is 12.5. The quantitative estimate of drug-likeness (QED) is 0.528. The maximum Gasteiger partial charge on any atom is 0.412 e. The summed E-state index contributed by atoms with van der Waals surface area (Å²) in [5.74, 6) is -0.199. The van der Waals surface area contributed by atoms with Gasteiger partial charge in [0.2, 0.25) is 5.91 Å². The summed E-state index contributed by atoms with van der Waals surface area (Å²) in [4.78, 5) is 30.3. The molecular formula is C23H18BrN3O3. The summed E-state index contributed by atoms with van der Waals surface area (Å²) in [5.41, 5.74) is 3.92. The van der Waals surface area contributed by atoms with E-state index in [0.29, 0.717) is 22.8 Å². The highest BCUT2D eigenvalue weighted by atomic mass is 79.9. The summed E-state index contributed by atoms with van der Waals surface area (Å²) in [5, 5.41) is 12.6. The van der Waals surface area contributed by atoms with Gasteiger partial charge in [-0.1, -0.05) is 58.4 Å². The van der Waals surface area contributed by atoms with Gasteiger partial charge in [0.05, 0.1) is 30.1 Å². The molecule has 0 aliphatic carbocycles. The Kier molecular flexibility index (Phi) is 5.63. The number of anilines is 2. The lowest BCUT2D eigenvalue weighted by atomic mass is 10.1. The van der Waals surface area contributed by atoms with Gasteiger partial charge in [-0.25, -0.2) is 4.79 Å². The van der Waals surface area contributed by atoms with Gasteiger partial charge in [0.15, 0.2) is 0 Å². The van der Waals surface area contributed by atoms with Crippen LogP contribution in [0.2, 0.25) is 0 Å². The van der Waals surface area contributed by atoms with E-state index < -0.39 is 6.09 Å². The van der Waals surface area contributed by atoms with Crippen LogP contribution in [0.1, 0.15) is 17.5 Å². The van der Waals surface area contributed by atoms with E-state index in [2.05, 4.69) is 26.2 Å². The predicted octanol–water partition coefficient (Wildman–Crippen LogP) is 5.60. The number of fused-ring (bicyclic) bond motifs is 1. The van der Waals surface area contributed by atoms with Crippen molar-refractivity contribution < 1.29 is 14.7 Å². The fourth-order valence-corrected chi connectivity index (χ4v) is 3.69. The Morgan fingerprint density at radius 2 is 1.87 bits per heavy atom. The molecule has 0 spiro atoms. The van der Waals surface area contributed by atoms with E-state index in [0.717, 1.165) is 15.6 Å². The van der Waals surface area contributed by atoms with E-state index in [9.17, 15) is 14.7 Å². The molecule has 2 amide bonds. The predicted molar refractivity (Wildman–Crippen MR) is 121 cm³/mol. The molecule has 7 heteroatoms. The minimum Gasteiger partial charge on any atom is -0.465 e. The molecule has 0 saturated heterocycles. The van der Waals surface area contributed by atoms with Gasteiger partial charge in [0.1, 0.15) is 0 Å². The lowest BCUT2D eigenvalue weighted by molar-refractivity contribution is -0.115. The molecule has 6 nitrogen and oxygen atoms in total. The van der Waals surface area contributed by atoms with Crippen molar-refractivity contribution in [1.82, 2.24) is 0 Å². The van der Waals surface area contributed by atoms with Crippen LogP contribution in [0.25, 0.3) is 0 Å². The molecule has 2 N–H and O–H groups in total. The van der Waals surface area contributed by atoms with Crippen LogP contribution in [0.5, 0.6) is 0 Å². The summed E-state index contributed by atoms with van der Waals surface area (Å²) in [6.45, 7) is 0.204. The van der Waals surface area contributed by atoms with E-state index in [-0.39, 0.29) is 18.9 Å². The van der Waals surface area contributed by atoms with Crippen molar-refractivity contribution in [3.05, 3.63) is 88.4 Å². The van der Waals surface area contributed by atoms with E-state index >= 15 is 0 Å². The number of carbonyl (C=O) groups is 2. The maximum atomic E-state index is 12.5. The number of benzene rings is 3. The summed E-state index contributed by atoms with van der Waals surface area (Å²) < 4.78 is 0.904. The first-order valence-electron chi connectivity index (χ1n) is 9.31. The summed E-state index contributed by atoms with van der Waals surface area (Å²) >= 11 is 3.44. The molecule has 0 fully saturated rings. The van der Waals surface area contributed by atoms with E-state index in [1.165, 1.54) is 4.90 Å². The van der Waals surface area contributed by atoms with Crippen LogP contribution in [0, 0.1) is 0 Å². The first-order valence-corrected chi connectivity index (χ1v) is 10.1. The van der Waals surface area contributed by atoms with Gasteiger partial charge >= 0.3 is 6.09 Å². The van der Waals surface area contributed by atoms with Crippen LogP contribution < -0.4 is 10.2 Å². The van der Waals surface area contributed by atoms with Crippen LogP contribution in [0.15, 0.2) is 82.3 Å². The number of halogens is 1. The van der Waals surface area contributed by atoms with Crippen molar-refractivity contribution in [3.63, 3.8) is 0 Å². The molecular weight excluding hydrogens is 446 g/mol. The molecule has 0 atom stereocenters. The molecule has 0 bridgehead atoms. The molecule has 150 valence electrons. The molecule has 30 heavy (non-hydrogen) atoms. The molecule has 0 radical (unpaired) electrons. The van der Waals surface area contributed by atoms with Gasteiger partial charge in [0.25, 0.3) is 0 Å². The zero-order chi connectivity index (χ0) is 21.1. The number of rotatable bonds is 4. The van der Waals surface area contributed by atoms with Crippen LogP contribution in [-0.2, 0) is 11.3 Å². The minimum atomic E-state index is -1.07. The van der Waals surface area contributed by atoms with Crippen LogP contribution in [0.3, 0.4) is 0 Å². The number of aliphatic imine (C=N–C) groups is 1. The van der Waals surface area contributed by atoms with Crippen LogP contribution >= 0.6 is 15.9 Å². The highest BCUT2D eigenvalue weighted by Crippen LogP contribution is 2.34. The molecule has 1 aliphatic rings. The fourth-order valence-electron chi connectivity index (χ4n) is 3.29. The smallest absolute Gasteiger partial charge is 0.412 e. The van der Waals surface area contributed by atoms with Crippen molar-refractivity contribution in [3.8, 4) is 0 Å². The molecule has 0 saturated carbocycles. The third kappa shape index (κ3) is 4.41. The van der Waals surface area contributed by atoms with Gasteiger partial charge in [-0.15, -0.1) is 0 Å². The first-order chi connectivity index (χ1) is 14.5. The highest BCUT2D eigenvalue weighted by molar-refractivity contribution is 9.10. The number of nitrogens with one attached hydrogen (secondary N) is 1. The topological polar surface area (TPSA) is 82.0 Å². The SMILES string of the molecule is O=C1CC(c2cccc(Br)c2)=Nc2ccc(N(Cc3ccccc3)C(=O)O)cc2N1. The van der Waals surface area contributed by atoms with Crippen molar-refractivity contribution in [2.24, 2.45) is 4.99 Å². The van der Waals surface area contributed by atoms with Gasteiger partial charge in [-0.05, 0) is 41.5 Å². The van der Waals surface area contributed by atoms with Crippen molar-refractivity contribution in [1.29, 1.82) is 0 Å². The minimum absolute atomic E-state index is 0.132. The van der Waals surface area contributed by atoms with Gasteiger partial charge in [-0.3, -0.25) is 14.7 Å². The first kappa shape index (κ1) is 19.8. The number of amides is 2. The zero-order valence-electron chi connectivity index (χ0n) is 15.9. The summed E-state index contributed by atoms with van der Waals surface area (Å²) in [6, 6.07) is 22.1. The second kappa shape index (κ2) is 8.51. The average Bonchev–Trinajstić information content (AvgIpc) is 2.90. The molecule has 0 unspecified atom stereocenters. The number of hydrogen-bond acceptors (Lipinski definition) is 3. The third-order valence-electron chi connectivity index (χ3n) is 4.72. The lowest BCUT2D eigenvalue weighted by Crippen LogP contribution is -2.28. The monoisotopic (exact) mass is 463 g/mol. The van der Waals surface area contributed by atoms with Crippen molar-refractivity contribution in [2.75, 3.05) is 10.2 Å². The van der Waals surface area contributed by atoms with Crippen molar-refractivity contribution >= 4 is 50.7 Å². The van der Waals surface area contributed by atoms with Crippen LogP contribution in [-0.4, -0.2) is 22.8 Å². The number of carboxylic acid groups (broad SMARTS) is 1. The Balaban J connectivity index is 1.70. The lowest BCUT2D eigenvalue weighted by Gasteiger charge is -2.20. The highest BCUT2D eigenvalue weighted by Gasteiger charge is 2.21. The second-order valence-electron chi connectivity index (χ2n) is 6.85. The third-order valence-corrected chi connectivity index (χ3v) is 5.21.